The number of nitrogens with one attached hydrogen (secondary N) is 2. The van der Waals surface area contributed by atoms with Crippen LogP contribution in [0, 0.1) is 0 Å². The van der Waals surface area contributed by atoms with E-state index in [-0.39, 0.29) is 13.1 Å². The van der Waals surface area contributed by atoms with Gasteiger partial charge in [-0.15, -0.1) is 6.58 Å². The maximum absolute atomic E-state index is 12.1. The van der Waals surface area contributed by atoms with Crippen molar-refractivity contribution in [2.24, 2.45) is 0 Å². The molecule has 0 spiro atoms. The zero-order chi connectivity index (χ0) is 15.0. The number of carbonyl (C=O) groups excluding carboxylic acids is 1. The van der Waals surface area contributed by atoms with Gasteiger partial charge in [0, 0.05) is 18.8 Å². The van der Waals surface area contributed by atoms with Crippen LogP contribution in [0.4, 0.5) is 10.5 Å². The van der Waals surface area contributed by atoms with Crippen molar-refractivity contribution in [1.29, 1.82) is 0 Å². The molecule has 2 amide bonds. The minimum absolute atomic E-state index is 0.173. The van der Waals surface area contributed by atoms with E-state index in [1.54, 1.807) is 6.07 Å². The second kappa shape index (κ2) is 7.96. The molecule has 3 N–H and O–H groups in total. The maximum atomic E-state index is 12.1. The summed E-state index contributed by atoms with van der Waals surface area (Å²) in [5.41, 5.74) is 1.59. The average molecular weight is 277 g/mol. The molecule has 0 atom stereocenters. The second-order valence-corrected chi connectivity index (χ2v) is 4.18. The molecule has 1 rings (SSSR count). The van der Waals surface area contributed by atoms with Gasteiger partial charge in [-0.2, -0.15) is 0 Å². The van der Waals surface area contributed by atoms with Gasteiger partial charge in [0.05, 0.1) is 0 Å². The summed E-state index contributed by atoms with van der Waals surface area (Å²) in [7, 11) is 1.81. The third-order valence-electron chi connectivity index (χ3n) is 2.59. The molecule has 1 aromatic rings. The minimum atomic E-state index is -1.06. The number of urea groups is 1. The van der Waals surface area contributed by atoms with E-state index in [1.165, 1.54) is 11.0 Å². The van der Waals surface area contributed by atoms with Gasteiger partial charge in [-0.05, 0) is 18.7 Å². The lowest BCUT2D eigenvalue weighted by Gasteiger charge is -2.20. The molecule has 6 nitrogen and oxygen atoms in total. The van der Waals surface area contributed by atoms with Crippen molar-refractivity contribution in [2.75, 3.05) is 25.5 Å². The Morgan fingerprint density at radius 2 is 2.10 bits per heavy atom. The number of hydrogen-bond acceptors (Lipinski definition) is 3. The molecule has 0 heterocycles. The lowest BCUT2D eigenvalue weighted by atomic mass is 10.2. The van der Waals surface area contributed by atoms with Crippen LogP contribution in [0.5, 0.6) is 0 Å². The largest absolute Gasteiger partial charge is 0.480 e. The van der Waals surface area contributed by atoms with Crippen LogP contribution in [0.15, 0.2) is 36.9 Å². The van der Waals surface area contributed by atoms with E-state index in [1.807, 2.05) is 25.2 Å². The van der Waals surface area contributed by atoms with Crippen molar-refractivity contribution < 1.29 is 14.7 Å². The summed E-state index contributed by atoms with van der Waals surface area (Å²) < 4.78 is 0. The first kappa shape index (κ1) is 15.7. The first-order valence-corrected chi connectivity index (χ1v) is 6.19. The molecule has 0 unspecified atom stereocenters. The van der Waals surface area contributed by atoms with E-state index in [9.17, 15) is 9.59 Å². The Morgan fingerprint density at radius 3 is 2.70 bits per heavy atom. The third kappa shape index (κ3) is 4.74. The van der Waals surface area contributed by atoms with Crippen molar-refractivity contribution >= 4 is 17.7 Å². The number of aliphatic carboxylic acids is 1. The Hall–Kier alpha value is -2.34. The zero-order valence-corrected chi connectivity index (χ0v) is 11.4. The maximum Gasteiger partial charge on any atom is 0.323 e. The number of para-hydroxylation sites is 1. The lowest BCUT2D eigenvalue weighted by molar-refractivity contribution is -0.137. The summed E-state index contributed by atoms with van der Waals surface area (Å²) in [6.07, 6.45) is 1.49. The molecule has 1 aromatic carbocycles. The van der Waals surface area contributed by atoms with Gasteiger partial charge in [-0.1, -0.05) is 24.3 Å². The molecule has 20 heavy (non-hydrogen) atoms. The molecule has 0 aliphatic heterocycles. The van der Waals surface area contributed by atoms with Crippen LogP contribution < -0.4 is 10.6 Å². The van der Waals surface area contributed by atoms with E-state index in [0.29, 0.717) is 12.2 Å². The van der Waals surface area contributed by atoms with Gasteiger partial charge >= 0.3 is 12.0 Å². The van der Waals surface area contributed by atoms with Gasteiger partial charge in [0.15, 0.2) is 0 Å². The monoisotopic (exact) mass is 277 g/mol. The summed E-state index contributed by atoms with van der Waals surface area (Å²) in [5.74, 6) is -1.06. The van der Waals surface area contributed by atoms with Crippen molar-refractivity contribution in [3.05, 3.63) is 42.5 Å². The fourth-order valence-electron chi connectivity index (χ4n) is 1.72. The molecule has 0 aromatic heterocycles. The fraction of sp³-hybridized carbons (Fsp3) is 0.286. The average Bonchev–Trinajstić information content (AvgIpc) is 2.40. The van der Waals surface area contributed by atoms with Crippen molar-refractivity contribution in [1.82, 2.24) is 10.2 Å². The van der Waals surface area contributed by atoms with E-state index >= 15 is 0 Å². The summed E-state index contributed by atoms with van der Waals surface area (Å²) in [6.45, 7) is 3.93. The van der Waals surface area contributed by atoms with E-state index in [2.05, 4.69) is 17.2 Å². The van der Waals surface area contributed by atoms with Gasteiger partial charge in [-0.25, -0.2) is 4.79 Å². The van der Waals surface area contributed by atoms with Crippen LogP contribution in [-0.2, 0) is 11.3 Å². The highest BCUT2D eigenvalue weighted by molar-refractivity contribution is 5.92. The molecule has 0 fully saturated rings. The molecule has 6 heteroatoms. The van der Waals surface area contributed by atoms with E-state index in [0.717, 1.165) is 5.56 Å². The number of amides is 2. The molecule has 0 aliphatic rings. The molecule has 0 radical (unpaired) electrons. The Balaban J connectivity index is 2.81. The van der Waals surface area contributed by atoms with Crippen molar-refractivity contribution in [2.45, 2.75) is 6.54 Å². The SMILES string of the molecule is C=CCN(CC(=O)O)C(=O)Nc1ccccc1CNC. The molecule has 0 saturated heterocycles. The molecular weight excluding hydrogens is 258 g/mol. The number of anilines is 1. The molecule has 108 valence electrons. The minimum Gasteiger partial charge on any atom is -0.480 e. The number of nitrogens with zero attached hydrogens (tertiary/aromatic N) is 1. The Morgan fingerprint density at radius 1 is 1.40 bits per heavy atom. The summed E-state index contributed by atoms with van der Waals surface area (Å²) in [4.78, 5) is 24.0. The van der Waals surface area contributed by atoms with E-state index in [4.69, 9.17) is 5.11 Å². The Bertz CT molecular complexity index is 488. The normalized spacial score (nSPS) is 9.85. The predicted molar refractivity (Wildman–Crippen MR) is 77.6 cm³/mol. The number of hydrogen-bond donors (Lipinski definition) is 3. The number of carboxylic acids is 1. The quantitative estimate of drug-likeness (QED) is 0.660. The highest BCUT2D eigenvalue weighted by Crippen LogP contribution is 2.15. The van der Waals surface area contributed by atoms with Gasteiger partial charge in [0.25, 0.3) is 0 Å². The highest BCUT2D eigenvalue weighted by atomic mass is 16.4. The van der Waals surface area contributed by atoms with Crippen molar-refractivity contribution in [3.8, 4) is 0 Å². The number of benzene rings is 1. The van der Waals surface area contributed by atoms with Gasteiger partial charge in [-0.3, -0.25) is 4.79 Å². The van der Waals surface area contributed by atoms with Crippen LogP contribution in [0.25, 0.3) is 0 Å². The van der Waals surface area contributed by atoms with Gasteiger partial charge < -0.3 is 20.6 Å². The van der Waals surface area contributed by atoms with Crippen LogP contribution in [-0.4, -0.2) is 42.1 Å². The fourth-order valence-corrected chi connectivity index (χ4v) is 1.72. The second-order valence-electron chi connectivity index (χ2n) is 4.18. The number of rotatable bonds is 7. The summed E-state index contributed by atoms with van der Waals surface area (Å²) >= 11 is 0. The Kier molecular flexibility index (Phi) is 6.25. The standard InChI is InChI=1S/C14H19N3O3/c1-3-8-17(10-13(18)19)14(20)16-12-7-5-4-6-11(12)9-15-2/h3-7,15H,1,8-10H2,2H3,(H,16,20)(H,18,19). The molecule has 0 saturated carbocycles. The smallest absolute Gasteiger partial charge is 0.323 e. The number of carboxylic acid groups (broad SMARTS) is 1. The summed E-state index contributed by atoms with van der Waals surface area (Å²) in [5, 5.41) is 14.5. The molecule has 0 aliphatic carbocycles. The predicted octanol–water partition coefficient (Wildman–Crippen LogP) is 1.51. The first-order chi connectivity index (χ1) is 9.58. The van der Waals surface area contributed by atoms with Crippen LogP contribution in [0.2, 0.25) is 0 Å². The zero-order valence-electron chi connectivity index (χ0n) is 11.4. The van der Waals surface area contributed by atoms with Crippen LogP contribution in [0.1, 0.15) is 5.56 Å². The molecule has 0 bridgehead atoms. The van der Waals surface area contributed by atoms with Crippen molar-refractivity contribution in [3.63, 3.8) is 0 Å². The third-order valence-corrected chi connectivity index (χ3v) is 2.59. The van der Waals surface area contributed by atoms with Crippen LogP contribution >= 0.6 is 0 Å². The summed E-state index contributed by atoms with van der Waals surface area (Å²) in [6, 6.07) is 6.89. The Labute approximate surface area is 118 Å². The highest BCUT2D eigenvalue weighted by Gasteiger charge is 2.16. The van der Waals surface area contributed by atoms with Gasteiger partial charge in [0.1, 0.15) is 6.54 Å². The van der Waals surface area contributed by atoms with Crippen LogP contribution in [0.3, 0.4) is 0 Å². The lowest BCUT2D eigenvalue weighted by Crippen LogP contribution is -2.39. The number of carbonyl (C=O) groups is 2. The first-order valence-electron chi connectivity index (χ1n) is 6.19. The molecular formula is C14H19N3O3. The van der Waals surface area contributed by atoms with Gasteiger partial charge in [0.2, 0.25) is 0 Å². The van der Waals surface area contributed by atoms with E-state index < -0.39 is 12.0 Å². The topological polar surface area (TPSA) is 81.7 Å².